The van der Waals surface area contributed by atoms with Crippen molar-refractivity contribution in [2.75, 3.05) is 19.0 Å². The molecular weight excluding hydrogens is 368 g/mol. The molecule has 148 valence electrons. The summed E-state index contributed by atoms with van der Waals surface area (Å²) in [6, 6.07) is 16.5. The van der Waals surface area contributed by atoms with Crippen molar-refractivity contribution >= 4 is 17.5 Å². The molecule has 1 aliphatic heterocycles. The van der Waals surface area contributed by atoms with Crippen LogP contribution in [0.3, 0.4) is 0 Å². The van der Waals surface area contributed by atoms with Crippen LogP contribution in [0.15, 0.2) is 65.3 Å². The SMILES string of the molecule is COc1cccc(C2CCN2C(=O)c2ccc(NC(=O)c3ccoc3C)cc2)c1. The third kappa shape index (κ3) is 3.74. The highest BCUT2D eigenvalue weighted by Crippen LogP contribution is 2.35. The molecule has 6 heteroatoms. The number of likely N-dealkylation sites (tertiary alicyclic amines) is 1. The highest BCUT2D eigenvalue weighted by molar-refractivity contribution is 6.05. The molecule has 2 heterocycles. The van der Waals surface area contributed by atoms with E-state index in [4.69, 9.17) is 9.15 Å². The second-order valence-electron chi connectivity index (χ2n) is 7.00. The van der Waals surface area contributed by atoms with Gasteiger partial charge < -0.3 is 19.4 Å². The second-order valence-corrected chi connectivity index (χ2v) is 7.00. The van der Waals surface area contributed by atoms with Gasteiger partial charge >= 0.3 is 0 Å². The fourth-order valence-electron chi connectivity index (χ4n) is 3.51. The number of rotatable bonds is 5. The molecule has 0 saturated carbocycles. The lowest BCUT2D eigenvalue weighted by molar-refractivity contribution is 0.0460. The van der Waals surface area contributed by atoms with Crippen LogP contribution < -0.4 is 10.1 Å². The maximum Gasteiger partial charge on any atom is 0.259 e. The minimum absolute atomic E-state index is 0.0207. The number of ether oxygens (including phenoxy) is 1. The summed E-state index contributed by atoms with van der Waals surface area (Å²) in [4.78, 5) is 27.1. The van der Waals surface area contributed by atoms with Gasteiger partial charge in [0.25, 0.3) is 11.8 Å². The summed E-state index contributed by atoms with van der Waals surface area (Å²) in [7, 11) is 1.64. The van der Waals surface area contributed by atoms with Gasteiger partial charge in [0, 0.05) is 17.8 Å². The zero-order valence-corrected chi connectivity index (χ0v) is 16.3. The summed E-state index contributed by atoms with van der Waals surface area (Å²) in [6.45, 7) is 2.46. The molecular formula is C23H22N2O4. The van der Waals surface area contributed by atoms with Crippen LogP contribution in [0, 0.1) is 6.92 Å². The first-order chi connectivity index (χ1) is 14.1. The summed E-state index contributed by atoms with van der Waals surface area (Å²) in [6.07, 6.45) is 2.41. The molecule has 1 saturated heterocycles. The van der Waals surface area contributed by atoms with Crippen LogP contribution in [0.5, 0.6) is 5.75 Å². The first-order valence-electron chi connectivity index (χ1n) is 9.47. The predicted octanol–water partition coefficient (Wildman–Crippen LogP) is 4.44. The zero-order valence-electron chi connectivity index (χ0n) is 16.3. The highest BCUT2D eigenvalue weighted by atomic mass is 16.5. The number of methoxy groups -OCH3 is 1. The summed E-state index contributed by atoms with van der Waals surface area (Å²) in [5.41, 5.74) is 2.78. The van der Waals surface area contributed by atoms with Gasteiger partial charge in [0.15, 0.2) is 0 Å². The summed E-state index contributed by atoms with van der Waals surface area (Å²) in [5, 5.41) is 2.82. The van der Waals surface area contributed by atoms with Gasteiger partial charge in [-0.05, 0) is 61.4 Å². The Morgan fingerprint density at radius 3 is 2.55 bits per heavy atom. The largest absolute Gasteiger partial charge is 0.497 e. The molecule has 1 fully saturated rings. The first kappa shape index (κ1) is 18.8. The van der Waals surface area contributed by atoms with Crippen molar-refractivity contribution in [3.05, 3.63) is 83.3 Å². The lowest BCUT2D eigenvalue weighted by Crippen LogP contribution is -2.45. The van der Waals surface area contributed by atoms with Gasteiger partial charge in [-0.25, -0.2) is 0 Å². The number of carbonyl (C=O) groups excluding carboxylic acids is 2. The molecule has 0 bridgehead atoms. The van der Waals surface area contributed by atoms with Crippen molar-refractivity contribution in [2.45, 2.75) is 19.4 Å². The number of hydrogen-bond acceptors (Lipinski definition) is 4. The monoisotopic (exact) mass is 390 g/mol. The van der Waals surface area contributed by atoms with Crippen molar-refractivity contribution in [3.63, 3.8) is 0 Å². The molecule has 29 heavy (non-hydrogen) atoms. The van der Waals surface area contributed by atoms with E-state index in [1.165, 1.54) is 6.26 Å². The third-order valence-corrected chi connectivity index (χ3v) is 5.25. The van der Waals surface area contributed by atoms with Crippen molar-refractivity contribution < 1.29 is 18.7 Å². The van der Waals surface area contributed by atoms with Crippen LogP contribution >= 0.6 is 0 Å². The lowest BCUT2D eigenvalue weighted by atomic mass is 9.93. The number of carbonyl (C=O) groups is 2. The number of amides is 2. The first-order valence-corrected chi connectivity index (χ1v) is 9.47. The lowest BCUT2D eigenvalue weighted by Gasteiger charge is -2.41. The minimum atomic E-state index is -0.240. The minimum Gasteiger partial charge on any atom is -0.497 e. The predicted molar refractivity (Wildman–Crippen MR) is 109 cm³/mol. The maximum absolute atomic E-state index is 12.9. The van der Waals surface area contributed by atoms with Crippen LogP contribution in [0.2, 0.25) is 0 Å². The van der Waals surface area contributed by atoms with E-state index in [9.17, 15) is 9.59 Å². The number of nitrogens with zero attached hydrogens (tertiary/aromatic N) is 1. The molecule has 6 nitrogen and oxygen atoms in total. The summed E-state index contributed by atoms with van der Waals surface area (Å²) >= 11 is 0. The van der Waals surface area contributed by atoms with Gasteiger partial charge in [-0.1, -0.05) is 12.1 Å². The standard InChI is InChI=1S/C23H22N2O4/c1-15-20(11-13-29-15)22(26)24-18-8-6-16(7-9-18)23(27)25-12-10-21(25)17-4-3-5-19(14-17)28-2/h3-9,11,13-14,21H,10,12H2,1-2H3,(H,24,26). The van der Waals surface area contributed by atoms with E-state index in [1.54, 1.807) is 44.4 Å². The normalized spacial score (nSPS) is 15.5. The van der Waals surface area contributed by atoms with E-state index >= 15 is 0 Å². The summed E-state index contributed by atoms with van der Waals surface area (Å²) < 4.78 is 10.5. The third-order valence-electron chi connectivity index (χ3n) is 5.25. The van der Waals surface area contributed by atoms with Crippen LogP contribution in [0.4, 0.5) is 5.69 Å². The van der Waals surface area contributed by atoms with Crippen LogP contribution in [-0.4, -0.2) is 30.4 Å². The van der Waals surface area contributed by atoms with Crippen molar-refractivity contribution in [1.82, 2.24) is 4.90 Å². The van der Waals surface area contributed by atoms with Crippen LogP contribution in [0.1, 0.15) is 44.5 Å². The Balaban J connectivity index is 1.44. The fraction of sp³-hybridized carbons (Fsp3) is 0.217. The number of aryl methyl sites for hydroxylation is 1. The number of anilines is 1. The molecule has 3 aromatic rings. The Morgan fingerprint density at radius 1 is 1.14 bits per heavy atom. The molecule has 1 atom stereocenters. The van der Waals surface area contributed by atoms with Crippen molar-refractivity contribution in [1.29, 1.82) is 0 Å². The van der Waals surface area contributed by atoms with Gasteiger partial charge in [0.05, 0.1) is 25.0 Å². The van der Waals surface area contributed by atoms with Gasteiger partial charge in [-0.3, -0.25) is 9.59 Å². The van der Waals surface area contributed by atoms with Gasteiger partial charge in [-0.2, -0.15) is 0 Å². The summed E-state index contributed by atoms with van der Waals surface area (Å²) in [5.74, 6) is 1.09. The number of hydrogen-bond donors (Lipinski definition) is 1. The zero-order chi connectivity index (χ0) is 20.4. The van der Waals surface area contributed by atoms with Crippen molar-refractivity contribution in [2.24, 2.45) is 0 Å². The van der Waals surface area contributed by atoms with E-state index in [2.05, 4.69) is 5.32 Å². The van der Waals surface area contributed by atoms with Crippen LogP contribution in [0.25, 0.3) is 0 Å². The molecule has 1 unspecified atom stereocenters. The van der Waals surface area contributed by atoms with E-state index < -0.39 is 0 Å². The molecule has 4 rings (SSSR count). The Kier molecular flexibility index (Phi) is 5.08. The van der Waals surface area contributed by atoms with Gasteiger partial charge in [0.1, 0.15) is 11.5 Å². The number of nitrogens with one attached hydrogen (secondary N) is 1. The highest BCUT2D eigenvalue weighted by Gasteiger charge is 2.34. The molecule has 0 aliphatic carbocycles. The topological polar surface area (TPSA) is 71.8 Å². The molecule has 2 amide bonds. The smallest absolute Gasteiger partial charge is 0.259 e. The molecule has 0 spiro atoms. The quantitative estimate of drug-likeness (QED) is 0.699. The van der Waals surface area contributed by atoms with E-state index in [1.807, 2.05) is 29.2 Å². The fourth-order valence-corrected chi connectivity index (χ4v) is 3.51. The Bertz CT molecular complexity index is 1040. The molecule has 1 N–H and O–H groups in total. The second kappa shape index (κ2) is 7.83. The average Bonchev–Trinajstić information content (AvgIpc) is 3.14. The Morgan fingerprint density at radius 2 is 1.93 bits per heavy atom. The van der Waals surface area contributed by atoms with Crippen LogP contribution in [-0.2, 0) is 0 Å². The molecule has 1 aromatic heterocycles. The maximum atomic E-state index is 12.9. The van der Waals surface area contributed by atoms with Gasteiger partial charge in [0.2, 0.25) is 0 Å². The Hall–Kier alpha value is -3.54. The number of furan rings is 1. The number of benzene rings is 2. The molecule has 2 aromatic carbocycles. The van der Waals surface area contributed by atoms with E-state index in [0.717, 1.165) is 24.3 Å². The van der Waals surface area contributed by atoms with E-state index in [-0.39, 0.29) is 17.9 Å². The van der Waals surface area contributed by atoms with Gasteiger partial charge in [-0.15, -0.1) is 0 Å². The van der Waals surface area contributed by atoms with Crippen molar-refractivity contribution in [3.8, 4) is 5.75 Å². The Labute approximate surface area is 169 Å². The van der Waals surface area contributed by atoms with E-state index in [0.29, 0.717) is 22.6 Å². The molecule has 0 radical (unpaired) electrons. The average molecular weight is 390 g/mol. The molecule has 1 aliphatic rings.